The predicted molar refractivity (Wildman–Crippen MR) is 126 cm³/mol. The molecule has 34 heavy (non-hydrogen) atoms. The number of ketones is 1. The Morgan fingerprint density at radius 3 is 2.97 bits per heavy atom. The normalized spacial score (nSPS) is 20.4. The molecule has 0 radical (unpaired) electrons. The zero-order chi connectivity index (χ0) is 23.7. The summed E-state index contributed by atoms with van der Waals surface area (Å²) in [5.74, 6) is 1.87. The van der Waals surface area contributed by atoms with Crippen molar-refractivity contribution in [1.82, 2.24) is 14.9 Å². The number of hydrogen-bond donors (Lipinski definition) is 1. The highest BCUT2D eigenvalue weighted by Gasteiger charge is 2.30. The van der Waals surface area contributed by atoms with Gasteiger partial charge in [0.2, 0.25) is 0 Å². The van der Waals surface area contributed by atoms with Crippen LogP contribution >= 0.6 is 0 Å². The molecule has 0 bridgehead atoms. The van der Waals surface area contributed by atoms with Gasteiger partial charge in [-0.25, -0.2) is 9.37 Å². The summed E-state index contributed by atoms with van der Waals surface area (Å²) in [6.45, 7) is 1.65. The molecular weight excluding hydrogens is 437 g/mol. The second-order valence-electron chi connectivity index (χ2n) is 9.16. The molecule has 1 saturated heterocycles. The van der Waals surface area contributed by atoms with Gasteiger partial charge in [0.25, 0.3) is 0 Å². The van der Waals surface area contributed by atoms with Crippen LogP contribution in [-0.4, -0.2) is 54.6 Å². The molecule has 2 atom stereocenters. The summed E-state index contributed by atoms with van der Waals surface area (Å²) >= 11 is 0. The average Bonchev–Trinajstić information content (AvgIpc) is 3.28. The van der Waals surface area contributed by atoms with E-state index in [4.69, 9.17) is 19.2 Å². The highest BCUT2D eigenvalue weighted by atomic mass is 19.1. The van der Waals surface area contributed by atoms with Gasteiger partial charge in [-0.1, -0.05) is 0 Å². The van der Waals surface area contributed by atoms with Gasteiger partial charge in [0.15, 0.2) is 23.1 Å². The fraction of sp³-hybridized carbons (Fsp3) is 0.462. The molecule has 0 spiro atoms. The molecule has 2 aromatic carbocycles. The number of likely N-dealkylation sites (tertiary alicyclic amines) is 1. The van der Waals surface area contributed by atoms with E-state index in [1.54, 1.807) is 13.2 Å². The zero-order valence-electron chi connectivity index (χ0n) is 19.6. The number of rotatable bonds is 7. The Balaban J connectivity index is 1.20. The molecule has 1 aromatic heterocycles. The van der Waals surface area contributed by atoms with Crippen LogP contribution in [0.25, 0.3) is 11.0 Å². The third kappa shape index (κ3) is 4.46. The van der Waals surface area contributed by atoms with Crippen LogP contribution in [0.4, 0.5) is 4.39 Å². The zero-order valence-corrected chi connectivity index (χ0v) is 19.6. The molecule has 1 unspecified atom stereocenters. The lowest BCUT2D eigenvalue weighted by molar-refractivity contribution is 0.0961. The minimum absolute atomic E-state index is 0.0544. The number of aromatic nitrogens is 2. The van der Waals surface area contributed by atoms with E-state index in [1.165, 1.54) is 6.07 Å². The van der Waals surface area contributed by atoms with Crippen LogP contribution in [0.2, 0.25) is 0 Å². The van der Waals surface area contributed by atoms with Crippen molar-refractivity contribution < 1.29 is 23.4 Å². The standard InChI is InChI=1S/C26H30FN3O4/c1-30-11-10-16(14-21(30)26-28-19-8-6-17(32-2)15-20(19)29-26)4-3-5-22(31)18-7-9-23-25(24(18)27)34-13-12-33-23/h6-9,15-16,21H,3-5,10-14H2,1-2H3,(H,28,29)/t16?,21-/m1/s1. The average molecular weight is 468 g/mol. The minimum Gasteiger partial charge on any atom is -0.497 e. The second kappa shape index (κ2) is 9.62. The molecule has 0 aliphatic carbocycles. The predicted octanol–water partition coefficient (Wildman–Crippen LogP) is 4.92. The van der Waals surface area contributed by atoms with Crippen molar-refractivity contribution in [2.75, 3.05) is 33.9 Å². The maximum absolute atomic E-state index is 14.8. The van der Waals surface area contributed by atoms with Crippen molar-refractivity contribution in [2.45, 2.75) is 38.1 Å². The SMILES string of the molecule is COc1ccc2nc([C@H]3CC(CCCC(=O)c4ccc5c(c4F)OCCO5)CCN3C)[nH]c2c1. The Morgan fingerprint density at radius 2 is 2.12 bits per heavy atom. The van der Waals surface area contributed by atoms with Crippen LogP contribution < -0.4 is 14.2 Å². The van der Waals surface area contributed by atoms with Gasteiger partial charge in [0.1, 0.15) is 24.8 Å². The number of methoxy groups -OCH3 is 1. The van der Waals surface area contributed by atoms with Crippen molar-refractivity contribution in [1.29, 1.82) is 0 Å². The number of carbonyl (C=O) groups is 1. The number of hydrogen-bond acceptors (Lipinski definition) is 6. The van der Waals surface area contributed by atoms with Crippen molar-refractivity contribution in [3.63, 3.8) is 0 Å². The van der Waals surface area contributed by atoms with Gasteiger partial charge in [-0.05, 0) is 69.5 Å². The van der Waals surface area contributed by atoms with E-state index in [2.05, 4.69) is 16.9 Å². The smallest absolute Gasteiger partial charge is 0.197 e. The fourth-order valence-electron chi connectivity index (χ4n) is 5.01. The van der Waals surface area contributed by atoms with Gasteiger partial charge in [0, 0.05) is 12.5 Å². The summed E-state index contributed by atoms with van der Waals surface area (Å²) in [6, 6.07) is 9.18. The monoisotopic (exact) mass is 467 g/mol. The Hall–Kier alpha value is -3.13. The van der Waals surface area contributed by atoms with Gasteiger partial charge >= 0.3 is 0 Å². The van der Waals surface area contributed by atoms with Crippen molar-refractivity contribution >= 4 is 16.8 Å². The van der Waals surface area contributed by atoms with E-state index in [-0.39, 0.29) is 29.7 Å². The number of halogens is 1. The van der Waals surface area contributed by atoms with Crippen LogP contribution in [0.3, 0.4) is 0 Å². The molecule has 180 valence electrons. The highest BCUT2D eigenvalue weighted by molar-refractivity contribution is 5.97. The molecule has 3 heterocycles. The van der Waals surface area contributed by atoms with E-state index < -0.39 is 5.82 Å². The lowest BCUT2D eigenvalue weighted by Crippen LogP contribution is -2.34. The molecule has 7 nitrogen and oxygen atoms in total. The van der Waals surface area contributed by atoms with E-state index in [0.717, 1.165) is 54.8 Å². The van der Waals surface area contributed by atoms with Crippen LogP contribution in [-0.2, 0) is 0 Å². The van der Waals surface area contributed by atoms with Crippen molar-refractivity contribution in [3.05, 3.63) is 47.5 Å². The lowest BCUT2D eigenvalue weighted by Gasteiger charge is -2.36. The third-order valence-electron chi connectivity index (χ3n) is 6.97. The highest BCUT2D eigenvalue weighted by Crippen LogP contribution is 2.37. The van der Waals surface area contributed by atoms with Gasteiger partial charge < -0.3 is 19.2 Å². The molecule has 1 N–H and O–H groups in total. The number of ether oxygens (including phenoxy) is 3. The summed E-state index contributed by atoms with van der Waals surface area (Å²) < 4.78 is 30.8. The molecule has 8 heteroatoms. The van der Waals surface area contributed by atoms with Crippen LogP contribution in [0.5, 0.6) is 17.2 Å². The number of fused-ring (bicyclic) bond motifs is 2. The molecular formula is C26H30FN3O4. The molecule has 5 rings (SSSR count). The maximum atomic E-state index is 14.8. The molecule has 0 amide bonds. The first kappa shape index (κ1) is 22.7. The number of piperidine rings is 1. The molecule has 1 fully saturated rings. The molecule has 0 saturated carbocycles. The summed E-state index contributed by atoms with van der Waals surface area (Å²) in [5.41, 5.74) is 1.98. The number of nitrogens with zero attached hydrogens (tertiary/aromatic N) is 2. The first-order valence-electron chi connectivity index (χ1n) is 11.9. The number of imidazole rings is 1. The fourth-order valence-corrected chi connectivity index (χ4v) is 5.01. The molecule has 3 aromatic rings. The quantitative estimate of drug-likeness (QED) is 0.497. The Morgan fingerprint density at radius 1 is 1.26 bits per heavy atom. The molecule has 2 aliphatic rings. The summed E-state index contributed by atoms with van der Waals surface area (Å²) in [4.78, 5) is 23.3. The van der Waals surface area contributed by atoms with Crippen molar-refractivity contribution in [2.24, 2.45) is 5.92 Å². The number of H-pyrrole nitrogens is 1. The van der Waals surface area contributed by atoms with E-state index >= 15 is 0 Å². The number of carbonyl (C=O) groups excluding carboxylic acids is 1. The van der Waals surface area contributed by atoms with Gasteiger partial charge in [-0.3, -0.25) is 9.69 Å². The summed E-state index contributed by atoms with van der Waals surface area (Å²) in [5, 5.41) is 0. The number of benzene rings is 2. The van der Waals surface area contributed by atoms with E-state index in [9.17, 15) is 9.18 Å². The van der Waals surface area contributed by atoms with Gasteiger partial charge in [-0.15, -0.1) is 0 Å². The third-order valence-corrected chi connectivity index (χ3v) is 6.97. The van der Waals surface area contributed by atoms with E-state index in [0.29, 0.717) is 24.7 Å². The summed E-state index contributed by atoms with van der Waals surface area (Å²) in [6.07, 6.45) is 4.02. The lowest BCUT2D eigenvalue weighted by atomic mass is 9.86. The molecule has 2 aliphatic heterocycles. The number of nitrogens with one attached hydrogen (secondary N) is 1. The first-order valence-corrected chi connectivity index (χ1v) is 11.9. The number of aromatic amines is 1. The van der Waals surface area contributed by atoms with E-state index in [1.807, 2.05) is 18.2 Å². The summed E-state index contributed by atoms with van der Waals surface area (Å²) in [7, 11) is 3.79. The topological polar surface area (TPSA) is 76.7 Å². The maximum Gasteiger partial charge on any atom is 0.197 e. The Labute approximate surface area is 198 Å². The Bertz CT molecular complexity index is 1190. The van der Waals surface area contributed by atoms with Gasteiger partial charge in [0.05, 0.1) is 29.7 Å². The minimum atomic E-state index is -0.608. The number of Topliss-reactive ketones (excluding diaryl/α,β-unsaturated/α-hetero) is 1. The van der Waals surface area contributed by atoms with Crippen molar-refractivity contribution in [3.8, 4) is 17.2 Å². The second-order valence-corrected chi connectivity index (χ2v) is 9.16. The first-order chi connectivity index (χ1) is 16.5. The van der Waals surface area contributed by atoms with Gasteiger partial charge in [-0.2, -0.15) is 0 Å². The van der Waals surface area contributed by atoms with Crippen LogP contribution in [0.1, 0.15) is 54.3 Å². The van der Waals surface area contributed by atoms with Crippen LogP contribution in [0.15, 0.2) is 30.3 Å². The Kier molecular flexibility index (Phi) is 6.41. The van der Waals surface area contributed by atoms with Crippen LogP contribution in [0, 0.1) is 11.7 Å². The largest absolute Gasteiger partial charge is 0.497 e.